The van der Waals surface area contributed by atoms with Gasteiger partial charge in [0.15, 0.2) is 5.75 Å². The Morgan fingerprint density at radius 2 is 2.12 bits per heavy atom. The molecule has 0 unspecified atom stereocenters. The Morgan fingerprint density at radius 3 is 2.94 bits per heavy atom. The summed E-state index contributed by atoms with van der Waals surface area (Å²) < 4.78 is 7.05. The summed E-state index contributed by atoms with van der Waals surface area (Å²) in [6.07, 6.45) is 1.89. The number of para-hydroxylation sites is 1. The summed E-state index contributed by atoms with van der Waals surface area (Å²) in [5.41, 5.74) is 4.33. The van der Waals surface area contributed by atoms with Crippen molar-refractivity contribution in [3.63, 3.8) is 0 Å². The molecular weight excluding hydrogens is 469 g/mol. The van der Waals surface area contributed by atoms with E-state index in [-0.39, 0.29) is 17.9 Å². The van der Waals surface area contributed by atoms with Crippen LogP contribution < -0.4 is 4.74 Å². The van der Waals surface area contributed by atoms with E-state index in [4.69, 9.17) is 27.9 Å². The second-order valence-corrected chi connectivity index (χ2v) is 9.38. The molecule has 1 atom stereocenters. The lowest BCUT2D eigenvalue weighted by Gasteiger charge is -2.42. The summed E-state index contributed by atoms with van der Waals surface area (Å²) in [6, 6.07) is 7.32. The lowest BCUT2D eigenvalue weighted by Crippen LogP contribution is -2.57. The van der Waals surface area contributed by atoms with E-state index >= 15 is 0 Å². The van der Waals surface area contributed by atoms with Crippen molar-refractivity contribution >= 4 is 56.6 Å². The highest BCUT2D eigenvalue weighted by Gasteiger charge is 2.36. The number of thiazole rings is 1. The molecule has 2 aromatic carbocycles. The molecule has 32 heavy (non-hydrogen) atoms. The zero-order chi connectivity index (χ0) is 22.4. The fourth-order valence-corrected chi connectivity index (χ4v) is 5.80. The van der Waals surface area contributed by atoms with Crippen LogP contribution in [-0.2, 0) is 4.79 Å². The van der Waals surface area contributed by atoms with Crippen LogP contribution in [0.3, 0.4) is 0 Å². The molecule has 6 nitrogen and oxygen atoms in total. The molecule has 2 amide bonds. The summed E-state index contributed by atoms with van der Waals surface area (Å²) >= 11 is 15.0. The highest BCUT2D eigenvalue weighted by atomic mass is 35.5. The molecule has 0 bridgehead atoms. The summed E-state index contributed by atoms with van der Waals surface area (Å²) in [7, 11) is 0. The van der Waals surface area contributed by atoms with Gasteiger partial charge in [0.1, 0.15) is 0 Å². The Hall–Kier alpha value is -2.61. The first-order chi connectivity index (χ1) is 15.5. The van der Waals surface area contributed by atoms with E-state index < -0.39 is 0 Å². The number of hydrogen-bond donors (Lipinski definition) is 0. The molecular formula is C23H19Cl2N3O3S. The second kappa shape index (κ2) is 8.39. The zero-order valence-corrected chi connectivity index (χ0v) is 19.3. The van der Waals surface area contributed by atoms with Crippen LogP contribution in [0.1, 0.15) is 16.8 Å². The third-order valence-electron chi connectivity index (χ3n) is 5.96. The van der Waals surface area contributed by atoms with Gasteiger partial charge >= 0.3 is 0 Å². The molecule has 0 saturated carbocycles. The van der Waals surface area contributed by atoms with Gasteiger partial charge < -0.3 is 14.5 Å². The highest BCUT2D eigenvalue weighted by Crippen LogP contribution is 2.46. The van der Waals surface area contributed by atoms with E-state index in [1.54, 1.807) is 21.4 Å². The maximum atomic E-state index is 13.5. The topological polar surface area (TPSA) is 62.7 Å². The van der Waals surface area contributed by atoms with Crippen LogP contribution >= 0.6 is 34.5 Å². The SMILES string of the molecule is C=CC(=O)N1CCN2C(=O)c3cc(Cl)c(-c4cccc5scnc45)c(Cl)c3OCC[C@H]2C1. The van der Waals surface area contributed by atoms with Crippen LogP contribution in [0.15, 0.2) is 42.4 Å². The maximum Gasteiger partial charge on any atom is 0.258 e. The lowest BCUT2D eigenvalue weighted by atomic mass is 9.99. The predicted molar refractivity (Wildman–Crippen MR) is 127 cm³/mol. The van der Waals surface area contributed by atoms with Crippen molar-refractivity contribution in [2.45, 2.75) is 12.5 Å². The number of hydrogen-bond acceptors (Lipinski definition) is 5. The van der Waals surface area contributed by atoms with Crippen molar-refractivity contribution < 1.29 is 14.3 Å². The van der Waals surface area contributed by atoms with Crippen molar-refractivity contribution in [3.8, 4) is 16.9 Å². The average molecular weight is 488 g/mol. The molecule has 3 aromatic rings. The number of rotatable bonds is 2. The van der Waals surface area contributed by atoms with Crippen LogP contribution in [-0.4, -0.2) is 58.9 Å². The number of aromatic nitrogens is 1. The molecule has 0 radical (unpaired) electrons. The van der Waals surface area contributed by atoms with Crippen LogP contribution in [0, 0.1) is 0 Å². The number of fused-ring (bicyclic) bond motifs is 3. The van der Waals surface area contributed by atoms with E-state index in [1.165, 1.54) is 17.4 Å². The van der Waals surface area contributed by atoms with Gasteiger partial charge in [-0.1, -0.05) is 41.9 Å². The largest absolute Gasteiger partial charge is 0.491 e. The molecule has 0 spiro atoms. The van der Waals surface area contributed by atoms with E-state index in [0.717, 1.165) is 15.8 Å². The number of amides is 2. The van der Waals surface area contributed by atoms with Crippen LogP contribution in [0.25, 0.3) is 21.3 Å². The molecule has 1 fully saturated rings. The van der Waals surface area contributed by atoms with Gasteiger partial charge in [0.25, 0.3) is 5.91 Å². The first-order valence-corrected chi connectivity index (χ1v) is 11.8. The first kappa shape index (κ1) is 21.2. The molecule has 0 aliphatic carbocycles. The summed E-state index contributed by atoms with van der Waals surface area (Å²) in [5, 5.41) is 0.670. The molecule has 164 valence electrons. The number of piperazine rings is 1. The van der Waals surface area contributed by atoms with Gasteiger partial charge in [-0.2, -0.15) is 0 Å². The molecule has 1 saturated heterocycles. The number of benzene rings is 2. The smallest absolute Gasteiger partial charge is 0.258 e. The summed E-state index contributed by atoms with van der Waals surface area (Å²) in [6.45, 7) is 5.24. The molecule has 2 aliphatic heterocycles. The maximum absolute atomic E-state index is 13.5. The highest BCUT2D eigenvalue weighted by molar-refractivity contribution is 7.16. The number of nitrogens with zero attached hydrogens (tertiary/aromatic N) is 3. The molecule has 5 rings (SSSR count). The van der Waals surface area contributed by atoms with Crippen molar-refractivity contribution in [3.05, 3.63) is 58.0 Å². The van der Waals surface area contributed by atoms with E-state index in [1.807, 2.05) is 18.2 Å². The lowest BCUT2D eigenvalue weighted by molar-refractivity contribution is -0.128. The van der Waals surface area contributed by atoms with E-state index in [2.05, 4.69) is 11.6 Å². The Morgan fingerprint density at radius 1 is 1.28 bits per heavy atom. The quantitative estimate of drug-likeness (QED) is 0.482. The third-order valence-corrected chi connectivity index (χ3v) is 7.41. The van der Waals surface area contributed by atoms with Gasteiger partial charge in [0.05, 0.1) is 44.0 Å². The van der Waals surface area contributed by atoms with Gasteiger partial charge in [-0.25, -0.2) is 4.98 Å². The van der Waals surface area contributed by atoms with Gasteiger partial charge in [-0.05, 0) is 18.2 Å². The Balaban J connectivity index is 1.57. The number of carbonyl (C=O) groups is 2. The normalized spacial score (nSPS) is 18.4. The fourth-order valence-electron chi connectivity index (χ4n) is 4.39. The minimum Gasteiger partial charge on any atom is -0.491 e. The summed E-state index contributed by atoms with van der Waals surface area (Å²) in [4.78, 5) is 33.5. The molecule has 0 N–H and O–H groups in total. The number of carbonyl (C=O) groups excluding carboxylic acids is 2. The predicted octanol–water partition coefficient (Wildman–Crippen LogP) is 4.89. The van der Waals surface area contributed by atoms with Crippen LogP contribution in [0.4, 0.5) is 0 Å². The third kappa shape index (κ3) is 3.45. The Labute approximate surface area is 199 Å². The van der Waals surface area contributed by atoms with E-state index in [0.29, 0.717) is 59.6 Å². The average Bonchev–Trinajstić information content (AvgIpc) is 3.28. The Bertz CT molecular complexity index is 1260. The fraction of sp³-hybridized carbons (Fsp3) is 0.261. The van der Waals surface area contributed by atoms with Crippen molar-refractivity contribution in [1.82, 2.24) is 14.8 Å². The summed E-state index contributed by atoms with van der Waals surface area (Å²) in [5.74, 6) is 0.0105. The molecule has 3 heterocycles. The minimum atomic E-state index is -0.197. The van der Waals surface area contributed by atoms with Gasteiger partial charge in [0.2, 0.25) is 5.91 Å². The van der Waals surface area contributed by atoms with Crippen molar-refractivity contribution in [1.29, 1.82) is 0 Å². The number of halogens is 2. The van der Waals surface area contributed by atoms with E-state index in [9.17, 15) is 9.59 Å². The Kier molecular flexibility index (Phi) is 5.57. The monoisotopic (exact) mass is 487 g/mol. The van der Waals surface area contributed by atoms with Crippen molar-refractivity contribution in [2.75, 3.05) is 26.2 Å². The first-order valence-electron chi connectivity index (χ1n) is 10.2. The van der Waals surface area contributed by atoms with Crippen LogP contribution in [0.2, 0.25) is 10.0 Å². The molecule has 9 heteroatoms. The molecule has 1 aromatic heterocycles. The second-order valence-electron chi connectivity index (χ2n) is 7.71. The van der Waals surface area contributed by atoms with Crippen LogP contribution in [0.5, 0.6) is 5.75 Å². The standard InChI is InChI=1S/C23H19Cl2N3O3S/c1-2-18(29)27-7-8-28-13(11-27)6-9-31-22-15(23(28)30)10-16(24)19(20(22)25)14-4-3-5-17-21(14)26-12-32-17/h2-5,10,12-13H,1,6-9,11H2/t13-/m0/s1. The van der Waals surface area contributed by atoms with Crippen molar-refractivity contribution in [2.24, 2.45) is 0 Å². The molecule has 2 aliphatic rings. The zero-order valence-electron chi connectivity index (χ0n) is 17.0. The number of ether oxygens (including phenoxy) is 1. The van der Waals surface area contributed by atoms with Gasteiger partial charge in [-0.3, -0.25) is 9.59 Å². The minimum absolute atomic E-state index is 0.132. The van der Waals surface area contributed by atoms with Gasteiger partial charge in [-0.15, -0.1) is 11.3 Å². The van der Waals surface area contributed by atoms with Gasteiger partial charge in [0, 0.05) is 37.2 Å².